The van der Waals surface area contributed by atoms with E-state index in [2.05, 4.69) is 10.6 Å². The Bertz CT molecular complexity index is 151. The molecule has 2 aliphatic heterocycles. The van der Waals surface area contributed by atoms with Crippen molar-refractivity contribution in [3.63, 3.8) is 0 Å². The largest absolute Gasteiger partial charge is 0.381 e. The van der Waals surface area contributed by atoms with E-state index in [-0.39, 0.29) is 0 Å². The molecule has 3 nitrogen and oxygen atoms in total. The zero-order valence-corrected chi connectivity index (χ0v) is 8.93. The fourth-order valence-electron chi connectivity index (χ4n) is 2.36. The highest BCUT2D eigenvalue weighted by atomic mass is 16.5. The van der Waals surface area contributed by atoms with Crippen LogP contribution in [0.2, 0.25) is 0 Å². The first-order chi connectivity index (χ1) is 6.95. The van der Waals surface area contributed by atoms with Crippen molar-refractivity contribution in [2.45, 2.75) is 31.7 Å². The van der Waals surface area contributed by atoms with Gasteiger partial charge in [-0.05, 0) is 38.1 Å². The van der Waals surface area contributed by atoms with Crippen LogP contribution < -0.4 is 10.6 Å². The van der Waals surface area contributed by atoms with Crippen LogP contribution in [-0.2, 0) is 4.74 Å². The summed E-state index contributed by atoms with van der Waals surface area (Å²) in [7, 11) is 0. The Morgan fingerprint density at radius 3 is 2.93 bits per heavy atom. The highest BCUT2D eigenvalue weighted by Gasteiger charge is 2.16. The topological polar surface area (TPSA) is 33.3 Å². The minimum Gasteiger partial charge on any atom is -0.381 e. The van der Waals surface area contributed by atoms with Crippen molar-refractivity contribution < 1.29 is 4.74 Å². The average Bonchev–Trinajstić information content (AvgIpc) is 2.72. The lowest BCUT2D eigenvalue weighted by atomic mass is 10.0. The monoisotopic (exact) mass is 198 g/mol. The Labute approximate surface area is 86.6 Å². The first-order valence-corrected chi connectivity index (χ1v) is 5.97. The van der Waals surface area contributed by atoms with Crippen LogP contribution in [0.3, 0.4) is 0 Å². The smallest absolute Gasteiger partial charge is 0.0506 e. The van der Waals surface area contributed by atoms with Gasteiger partial charge in [0.15, 0.2) is 0 Å². The Balaban J connectivity index is 1.52. The molecule has 82 valence electrons. The summed E-state index contributed by atoms with van der Waals surface area (Å²) in [6.45, 7) is 5.42. The minimum atomic E-state index is 0.722. The number of ether oxygens (including phenoxy) is 1. The van der Waals surface area contributed by atoms with E-state index in [1.165, 1.54) is 32.2 Å². The van der Waals surface area contributed by atoms with E-state index in [0.29, 0.717) is 0 Å². The second-order valence-corrected chi connectivity index (χ2v) is 4.53. The van der Waals surface area contributed by atoms with Gasteiger partial charge in [0, 0.05) is 25.7 Å². The maximum Gasteiger partial charge on any atom is 0.0506 e. The molecule has 3 heteroatoms. The minimum absolute atomic E-state index is 0.722. The third-order valence-corrected chi connectivity index (χ3v) is 3.24. The average molecular weight is 198 g/mol. The molecule has 0 amide bonds. The van der Waals surface area contributed by atoms with Crippen molar-refractivity contribution in [3.8, 4) is 0 Å². The molecule has 2 rings (SSSR count). The van der Waals surface area contributed by atoms with Gasteiger partial charge in [0.2, 0.25) is 0 Å². The van der Waals surface area contributed by atoms with E-state index in [9.17, 15) is 0 Å². The van der Waals surface area contributed by atoms with E-state index in [1.54, 1.807) is 0 Å². The molecule has 2 atom stereocenters. The van der Waals surface area contributed by atoms with Crippen LogP contribution >= 0.6 is 0 Å². The third-order valence-electron chi connectivity index (χ3n) is 3.24. The van der Waals surface area contributed by atoms with Crippen LogP contribution in [0.15, 0.2) is 0 Å². The molecule has 0 radical (unpaired) electrons. The fourth-order valence-corrected chi connectivity index (χ4v) is 2.36. The molecular weight excluding hydrogens is 176 g/mol. The Hall–Kier alpha value is -0.120. The summed E-state index contributed by atoms with van der Waals surface area (Å²) in [6, 6.07) is 0.722. The van der Waals surface area contributed by atoms with Gasteiger partial charge in [-0.25, -0.2) is 0 Å². The van der Waals surface area contributed by atoms with Gasteiger partial charge in [0.05, 0.1) is 6.61 Å². The van der Waals surface area contributed by atoms with Gasteiger partial charge >= 0.3 is 0 Å². The molecule has 2 N–H and O–H groups in total. The summed E-state index contributed by atoms with van der Waals surface area (Å²) >= 11 is 0. The standard InChI is InChI=1S/C11H22N2O/c1-4-11(13-5-1)8-12-7-10-3-2-6-14-9-10/h10-13H,1-9H2. The molecule has 2 heterocycles. The molecule has 2 unspecified atom stereocenters. The summed E-state index contributed by atoms with van der Waals surface area (Å²) in [5, 5.41) is 7.06. The van der Waals surface area contributed by atoms with E-state index >= 15 is 0 Å². The van der Waals surface area contributed by atoms with Crippen LogP contribution in [0.25, 0.3) is 0 Å². The van der Waals surface area contributed by atoms with Crippen LogP contribution in [-0.4, -0.2) is 38.9 Å². The predicted octanol–water partition coefficient (Wildman–Crippen LogP) is 0.755. The van der Waals surface area contributed by atoms with E-state index in [0.717, 1.165) is 38.3 Å². The van der Waals surface area contributed by atoms with E-state index in [4.69, 9.17) is 4.74 Å². The highest BCUT2D eigenvalue weighted by Crippen LogP contribution is 2.12. The molecule has 2 fully saturated rings. The molecule has 0 aromatic carbocycles. The lowest BCUT2D eigenvalue weighted by molar-refractivity contribution is 0.0547. The molecule has 2 aliphatic rings. The molecule has 0 aromatic heterocycles. The van der Waals surface area contributed by atoms with E-state index in [1.807, 2.05) is 0 Å². The molecule has 2 saturated heterocycles. The Kier molecular flexibility index (Phi) is 4.22. The SMILES string of the molecule is C1COCC(CNCC2CCCN2)C1. The molecular formula is C11H22N2O. The fraction of sp³-hybridized carbons (Fsp3) is 1.00. The van der Waals surface area contributed by atoms with Crippen molar-refractivity contribution in [1.29, 1.82) is 0 Å². The van der Waals surface area contributed by atoms with Gasteiger partial charge in [-0.1, -0.05) is 0 Å². The van der Waals surface area contributed by atoms with Crippen molar-refractivity contribution in [2.24, 2.45) is 5.92 Å². The van der Waals surface area contributed by atoms with Crippen molar-refractivity contribution in [1.82, 2.24) is 10.6 Å². The van der Waals surface area contributed by atoms with Gasteiger partial charge < -0.3 is 15.4 Å². The Morgan fingerprint density at radius 2 is 2.21 bits per heavy atom. The zero-order valence-electron chi connectivity index (χ0n) is 8.93. The molecule has 0 bridgehead atoms. The summed E-state index contributed by atoms with van der Waals surface area (Å²) in [5.41, 5.74) is 0. The van der Waals surface area contributed by atoms with Gasteiger partial charge in [0.1, 0.15) is 0 Å². The number of hydrogen-bond acceptors (Lipinski definition) is 3. The van der Waals surface area contributed by atoms with Crippen LogP contribution in [0.5, 0.6) is 0 Å². The normalized spacial score (nSPS) is 33.4. The lowest BCUT2D eigenvalue weighted by Gasteiger charge is -2.23. The molecule has 14 heavy (non-hydrogen) atoms. The maximum atomic E-state index is 5.45. The Morgan fingerprint density at radius 1 is 1.21 bits per heavy atom. The van der Waals surface area contributed by atoms with Crippen molar-refractivity contribution in [2.75, 3.05) is 32.8 Å². The molecule has 0 aliphatic carbocycles. The van der Waals surface area contributed by atoms with Crippen LogP contribution in [0, 0.1) is 5.92 Å². The quantitative estimate of drug-likeness (QED) is 0.699. The highest BCUT2D eigenvalue weighted by molar-refractivity contribution is 4.77. The lowest BCUT2D eigenvalue weighted by Crippen LogP contribution is -2.37. The van der Waals surface area contributed by atoms with Gasteiger partial charge in [-0.2, -0.15) is 0 Å². The van der Waals surface area contributed by atoms with Crippen molar-refractivity contribution >= 4 is 0 Å². The van der Waals surface area contributed by atoms with Gasteiger partial charge in [-0.3, -0.25) is 0 Å². The maximum absolute atomic E-state index is 5.45. The third kappa shape index (κ3) is 3.23. The van der Waals surface area contributed by atoms with Crippen molar-refractivity contribution in [3.05, 3.63) is 0 Å². The number of nitrogens with one attached hydrogen (secondary N) is 2. The number of hydrogen-bond donors (Lipinski definition) is 2. The molecule has 0 aromatic rings. The predicted molar refractivity (Wildman–Crippen MR) is 57.4 cm³/mol. The first kappa shape index (κ1) is 10.4. The second kappa shape index (κ2) is 5.69. The molecule has 0 spiro atoms. The summed E-state index contributed by atoms with van der Waals surface area (Å²) < 4.78 is 5.45. The second-order valence-electron chi connectivity index (χ2n) is 4.53. The number of rotatable bonds is 4. The van der Waals surface area contributed by atoms with Gasteiger partial charge in [0.25, 0.3) is 0 Å². The van der Waals surface area contributed by atoms with Crippen LogP contribution in [0.1, 0.15) is 25.7 Å². The van der Waals surface area contributed by atoms with Gasteiger partial charge in [-0.15, -0.1) is 0 Å². The zero-order chi connectivity index (χ0) is 9.64. The summed E-state index contributed by atoms with van der Waals surface area (Å²) in [5.74, 6) is 0.755. The summed E-state index contributed by atoms with van der Waals surface area (Å²) in [4.78, 5) is 0. The van der Waals surface area contributed by atoms with E-state index < -0.39 is 0 Å². The van der Waals surface area contributed by atoms with Crippen LogP contribution in [0.4, 0.5) is 0 Å². The molecule has 0 saturated carbocycles. The summed E-state index contributed by atoms with van der Waals surface area (Å²) in [6.07, 6.45) is 5.27. The first-order valence-electron chi connectivity index (χ1n) is 5.97.